The highest BCUT2D eigenvalue weighted by Gasteiger charge is 2.20. The minimum absolute atomic E-state index is 0.113. The summed E-state index contributed by atoms with van der Waals surface area (Å²) in [4.78, 5) is 22.1. The molecule has 0 N–H and O–H groups in total. The molecule has 0 bridgehead atoms. The van der Waals surface area contributed by atoms with Gasteiger partial charge in [0.05, 0.1) is 17.4 Å². The number of ether oxygens (including phenoxy) is 1. The van der Waals surface area contributed by atoms with E-state index in [0.717, 1.165) is 0 Å². The molecule has 0 aromatic heterocycles. The summed E-state index contributed by atoms with van der Waals surface area (Å²) in [7, 11) is 1.38. The first-order valence-corrected chi connectivity index (χ1v) is 5.31. The summed E-state index contributed by atoms with van der Waals surface area (Å²) in [5.41, 5.74) is 0.358. The SMILES string of the molecule is COc1ccc2c(C(C)=O)cccc2c1[N+](=O)[O-]. The second-order valence-corrected chi connectivity index (χ2v) is 3.83. The Morgan fingerprint density at radius 3 is 2.50 bits per heavy atom. The Hall–Kier alpha value is -2.43. The molecule has 0 saturated heterocycles. The molecule has 5 nitrogen and oxygen atoms in total. The Morgan fingerprint density at radius 1 is 1.22 bits per heavy atom. The highest BCUT2D eigenvalue weighted by Crippen LogP contribution is 2.36. The first-order valence-electron chi connectivity index (χ1n) is 5.31. The van der Waals surface area contributed by atoms with Crippen LogP contribution in [0.15, 0.2) is 30.3 Å². The largest absolute Gasteiger partial charge is 0.490 e. The molecule has 0 atom stereocenters. The summed E-state index contributed by atoms with van der Waals surface area (Å²) in [6, 6.07) is 8.07. The van der Waals surface area contributed by atoms with Crippen LogP contribution in [0.3, 0.4) is 0 Å². The van der Waals surface area contributed by atoms with Crippen molar-refractivity contribution in [2.45, 2.75) is 6.92 Å². The summed E-state index contributed by atoms with van der Waals surface area (Å²) in [6.45, 7) is 1.44. The van der Waals surface area contributed by atoms with E-state index >= 15 is 0 Å². The molecule has 18 heavy (non-hydrogen) atoms. The molecule has 0 saturated carbocycles. The molecule has 0 radical (unpaired) electrons. The zero-order chi connectivity index (χ0) is 13.3. The Labute approximate surface area is 103 Å². The van der Waals surface area contributed by atoms with E-state index in [9.17, 15) is 14.9 Å². The van der Waals surface area contributed by atoms with Gasteiger partial charge in [0.2, 0.25) is 0 Å². The van der Waals surface area contributed by atoms with Crippen molar-refractivity contribution in [1.29, 1.82) is 0 Å². The van der Waals surface area contributed by atoms with Gasteiger partial charge in [-0.15, -0.1) is 0 Å². The summed E-state index contributed by atoms with van der Waals surface area (Å²) >= 11 is 0. The molecule has 2 rings (SSSR count). The third-order valence-corrected chi connectivity index (χ3v) is 2.78. The van der Waals surface area contributed by atoms with Gasteiger partial charge in [-0.25, -0.2) is 0 Å². The van der Waals surface area contributed by atoms with Gasteiger partial charge in [0.25, 0.3) is 0 Å². The van der Waals surface area contributed by atoms with Crippen molar-refractivity contribution in [2.24, 2.45) is 0 Å². The lowest BCUT2D eigenvalue weighted by molar-refractivity contribution is -0.383. The van der Waals surface area contributed by atoms with Crippen LogP contribution >= 0.6 is 0 Å². The summed E-state index contributed by atoms with van der Waals surface area (Å²) < 4.78 is 4.99. The number of nitro benzene ring substituents is 1. The number of benzene rings is 2. The van der Waals surface area contributed by atoms with Gasteiger partial charge in [-0.2, -0.15) is 0 Å². The quantitative estimate of drug-likeness (QED) is 0.473. The third-order valence-electron chi connectivity index (χ3n) is 2.78. The lowest BCUT2D eigenvalue weighted by Crippen LogP contribution is -1.98. The maximum Gasteiger partial charge on any atom is 0.318 e. The van der Waals surface area contributed by atoms with Gasteiger partial charge in [-0.1, -0.05) is 12.1 Å². The topological polar surface area (TPSA) is 69.4 Å². The van der Waals surface area contributed by atoms with Crippen molar-refractivity contribution in [3.63, 3.8) is 0 Å². The number of fused-ring (bicyclic) bond motifs is 1. The number of hydrogen-bond acceptors (Lipinski definition) is 4. The van der Waals surface area contributed by atoms with Crippen LogP contribution < -0.4 is 4.74 Å². The van der Waals surface area contributed by atoms with Crippen LogP contribution in [0, 0.1) is 10.1 Å². The van der Waals surface area contributed by atoms with Crippen LogP contribution in [0.5, 0.6) is 5.75 Å². The number of rotatable bonds is 3. The Bertz CT molecular complexity index is 649. The van der Waals surface area contributed by atoms with Gasteiger partial charge in [-0.05, 0) is 30.5 Å². The molecule has 0 fully saturated rings. The zero-order valence-electron chi connectivity index (χ0n) is 9.97. The second kappa shape index (κ2) is 4.44. The van der Waals surface area contributed by atoms with E-state index in [4.69, 9.17) is 4.74 Å². The molecular weight excluding hydrogens is 234 g/mol. The van der Waals surface area contributed by atoms with Crippen molar-refractivity contribution in [3.05, 3.63) is 46.0 Å². The van der Waals surface area contributed by atoms with Crippen LogP contribution in [-0.2, 0) is 0 Å². The third kappa shape index (κ3) is 1.79. The van der Waals surface area contributed by atoms with E-state index in [1.165, 1.54) is 20.1 Å². The average molecular weight is 245 g/mol. The summed E-state index contributed by atoms with van der Waals surface area (Å²) in [6.07, 6.45) is 0. The monoisotopic (exact) mass is 245 g/mol. The van der Waals surface area contributed by atoms with Gasteiger partial charge in [0.1, 0.15) is 0 Å². The summed E-state index contributed by atoms with van der Waals surface area (Å²) in [5.74, 6) is 0.0632. The van der Waals surface area contributed by atoms with Crippen LogP contribution in [0.1, 0.15) is 17.3 Å². The highest BCUT2D eigenvalue weighted by molar-refractivity contribution is 6.09. The maximum atomic E-state index is 11.5. The number of carbonyl (C=O) groups excluding carboxylic acids is 1. The molecule has 0 amide bonds. The van der Waals surface area contributed by atoms with E-state index in [1.54, 1.807) is 24.3 Å². The van der Waals surface area contributed by atoms with E-state index in [1.807, 2.05) is 0 Å². The van der Waals surface area contributed by atoms with Gasteiger partial charge in [-0.3, -0.25) is 14.9 Å². The first kappa shape index (κ1) is 12.0. The minimum Gasteiger partial charge on any atom is -0.490 e. The number of methoxy groups -OCH3 is 1. The zero-order valence-corrected chi connectivity index (χ0v) is 9.97. The first-order chi connectivity index (χ1) is 8.56. The van der Waals surface area contributed by atoms with Gasteiger partial charge in [0.15, 0.2) is 11.5 Å². The fraction of sp³-hybridized carbons (Fsp3) is 0.154. The molecule has 2 aromatic rings. The molecule has 92 valence electrons. The number of hydrogen-bond donors (Lipinski definition) is 0. The molecule has 0 spiro atoms. The number of nitro groups is 1. The van der Waals surface area contributed by atoms with Gasteiger partial charge in [0, 0.05) is 5.56 Å². The molecule has 5 heteroatoms. The maximum absolute atomic E-state index is 11.5. The minimum atomic E-state index is -0.495. The van der Waals surface area contributed by atoms with Crippen LogP contribution in [0.4, 0.5) is 5.69 Å². The second-order valence-electron chi connectivity index (χ2n) is 3.83. The molecule has 2 aromatic carbocycles. The Balaban J connectivity index is 2.90. The van der Waals surface area contributed by atoms with Crippen molar-refractivity contribution >= 4 is 22.2 Å². The fourth-order valence-corrected chi connectivity index (χ4v) is 1.98. The Morgan fingerprint density at radius 2 is 1.94 bits per heavy atom. The molecule has 0 unspecified atom stereocenters. The van der Waals surface area contributed by atoms with E-state index in [0.29, 0.717) is 16.3 Å². The molecule has 0 aliphatic carbocycles. The van der Waals surface area contributed by atoms with E-state index in [2.05, 4.69) is 0 Å². The lowest BCUT2D eigenvalue weighted by Gasteiger charge is -2.07. The van der Waals surface area contributed by atoms with Gasteiger partial charge >= 0.3 is 5.69 Å². The smallest absolute Gasteiger partial charge is 0.318 e. The number of Topliss-reactive ketones (excluding diaryl/α,β-unsaturated/α-hetero) is 1. The van der Waals surface area contributed by atoms with Crippen LogP contribution in [0.25, 0.3) is 10.8 Å². The van der Waals surface area contributed by atoms with Crippen LogP contribution in [0.2, 0.25) is 0 Å². The number of nitrogens with zero attached hydrogens (tertiary/aromatic N) is 1. The van der Waals surface area contributed by atoms with Crippen LogP contribution in [-0.4, -0.2) is 17.8 Å². The summed E-state index contributed by atoms with van der Waals surface area (Å²) in [5, 5.41) is 12.1. The molecular formula is C13H11NO4. The number of carbonyl (C=O) groups is 1. The molecule has 0 aliphatic rings. The number of ketones is 1. The predicted molar refractivity (Wildman–Crippen MR) is 67.2 cm³/mol. The van der Waals surface area contributed by atoms with Crippen molar-refractivity contribution in [2.75, 3.05) is 7.11 Å². The average Bonchev–Trinajstić information content (AvgIpc) is 2.35. The van der Waals surface area contributed by atoms with Crippen molar-refractivity contribution in [3.8, 4) is 5.75 Å². The van der Waals surface area contributed by atoms with E-state index < -0.39 is 4.92 Å². The molecule has 0 aliphatic heterocycles. The van der Waals surface area contributed by atoms with Crippen molar-refractivity contribution < 1.29 is 14.5 Å². The highest BCUT2D eigenvalue weighted by atomic mass is 16.6. The standard InChI is InChI=1S/C13H11NO4/c1-8(15)9-4-3-5-11-10(9)6-7-12(18-2)13(11)14(16)17/h3-7H,1-2H3. The Kier molecular flexibility index (Phi) is 2.97. The fourth-order valence-electron chi connectivity index (χ4n) is 1.98. The molecule has 0 heterocycles. The van der Waals surface area contributed by atoms with Crippen molar-refractivity contribution in [1.82, 2.24) is 0 Å². The van der Waals surface area contributed by atoms with E-state index in [-0.39, 0.29) is 17.2 Å². The normalized spacial score (nSPS) is 10.3. The predicted octanol–water partition coefficient (Wildman–Crippen LogP) is 2.96. The lowest BCUT2D eigenvalue weighted by atomic mass is 10.0. The van der Waals surface area contributed by atoms with Gasteiger partial charge < -0.3 is 4.74 Å².